The van der Waals surface area contributed by atoms with E-state index < -0.39 is 0 Å². The first-order valence-electron chi connectivity index (χ1n) is 5.18. The highest BCUT2D eigenvalue weighted by atomic mass is 79.9. The van der Waals surface area contributed by atoms with E-state index in [0.717, 1.165) is 4.47 Å². The number of hydrogen-bond donors (Lipinski definition) is 2. The molecule has 3 N–H and O–H groups in total. The van der Waals surface area contributed by atoms with Gasteiger partial charge in [-0.25, -0.2) is 4.39 Å². The largest absolute Gasteiger partial charge is 0.398 e. The molecule has 0 saturated heterocycles. The molecule has 1 amide bonds. The van der Waals surface area contributed by atoms with E-state index in [1.165, 1.54) is 24.3 Å². The average molecular weight is 309 g/mol. The molecule has 0 aliphatic carbocycles. The fourth-order valence-corrected chi connectivity index (χ4v) is 1.67. The number of nitrogens with two attached hydrogens (primary N) is 1. The monoisotopic (exact) mass is 308 g/mol. The van der Waals surface area contributed by atoms with Gasteiger partial charge >= 0.3 is 0 Å². The maximum atomic E-state index is 12.7. The molecule has 0 heterocycles. The lowest BCUT2D eigenvalue weighted by atomic mass is 10.2. The van der Waals surface area contributed by atoms with Crippen molar-refractivity contribution in [1.82, 2.24) is 0 Å². The van der Waals surface area contributed by atoms with Crippen molar-refractivity contribution in [3.63, 3.8) is 0 Å². The molecule has 5 heteroatoms. The highest BCUT2D eigenvalue weighted by Crippen LogP contribution is 2.21. The van der Waals surface area contributed by atoms with Crippen molar-refractivity contribution >= 4 is 33.2 Å². The SMILES string of the molecule is Nc1cc(C(=O)Nc2ccc(F)cc2)ccc1Br. The van der Waals surface area contributed by atoms with Gasteiger partial charge in [-0.3, -0.25) is 4.79 Å². The van der Waals surface area contributed by atoms with Gasteiger partial charge in [0.2, 0.25) is 0 Å². The van der Waals surface area contributed by atoms with Gasteiger partial charge in [-0.15, -0.1) is 0 Å². The summed E-state index contributed by atoms with van der Waals surface area (Å²) in [6, 6.07) is 10.5. The summed E-state index contributed by atoms with van der Waals surface area (Å²) in [4.78, 5) is 11.9. The Kier molecular flexibility index (Phi) is 3.62. The molecule has 92 valence electrons. The fraction of sp³-hybridized carbons (Fsp3) is 0. The summed E-state index contributed by atoms with van der Waals surface area (Å²) in [6.07, 6.45) is 0. The summed E-state index contributed by atoms with van der Waals surface area (Å²) < 4.78 is 13.4. The number of hydrogen-bond acceptors (Lipinski definition) is 2. The summed E-state index contributed by atoms with van der Waals surface area (Å²) in [5.74, 6) is -0.637. The first-order valence-corrected chi connectivity index (χ1v) is 5.97. The number of benzene rings is 2. The molecule has 2 rings (SSSR count). The summed E-state index contributed by atoms with van der Waals surface area (Å²) in [7, 11) is 0. The van der Waals surface area contributed by atoms with E-state index in [2.05, 4.69) is 21.2 Å². The zero-order chi connectivity index (χ0) is 13.1. The quantitative estimate of drug-likeness (QED) is 0.835. The van der Waals surface area contributed by atoms with Gasteiger partial charge in [-0.2, -0.15) is 0 Å². The van der Waals surface area contributed by atoms with E-state index >= 15 is 0 Å². The Morgan fingerprint density at radius 2 is 1.83 bits per heavy atom. The molecule has 0 bridgehead atoms. The predicted octanol–water partition coefficient (Wildman–Crippen LogP) is 3.42. The smallest absolute Gasteiger partial charge is 0.255 e. The highest BCUT2D eigenvalue weighted by molar-refractivity contribution is 9.10. The van der Waals surface area contributed by atoms with Crippen molar-refractivity contribution in [2.75, 3.05) is 11.1 Å². The lowest BCUT2D eigenvalue weighted by molar-refractivity contribution is 0.102. The molecule has 0 spiro atoms. The second kappa shape index (κ2) is 5.18. The van der Waals surface area contributed by atoms with Crippen LogP contribution in [-0.4, -0.2) is 5.91 Å². The molecule has 0 aromatic heterocycles. The van der Waals surface area contributed by atoms with Gasteiger partial charge in [0.1, 0.15) is 5.82 Å². The molecule has 0 fully saturated rings. The Labute approximate surface area is 112 Å². The van der Waals surface area contributed by atoms with Crippen LogP contribution >= 0.6 is 15.9 Å². The molecule has 18 heavy (non-hydrogen) atoms. The molecular formula is C13H10BrFN2O. The number of anilines is 2. The second-order valence-electron chi connectivity index (χ2n) is 3.70. The van der Waals surface area contributed by atoms with Gasteiger partial charge in [0.05, 0.1) is 0 Å². The van der Waals surface area contributed by atoms with E-state index in [1.54, 1.807) is 18.2 Å². The third kappa shape index (κ3) is 2.87. The van der Waals surface area contributed by atoms with Crippen molar-refractivity contribution in [3.05, 3.63) is 58.3 Å². The number of nitrogens with one attached hydrogen (secondary N) is 1. The van der Waals surface area contributed by atoms with E-state index in [-0.39, 0.29) is 11.7 Å². The molecule has 0 atom stereocenters. The first-order chi connectivity index (χ1) is 8.56. The summed E-state index contributed by atoms with van der Waals surface area (Å²) >= 11 is 3.25. The third-order valence-corrected chi connectivity index (χ3v) is 3.08. The molecule has 3 nitrogen and oxygen atoms in total. The topological polar surface area (TPSA) is 55.1 Å². The maximum absolute atomic E-state index is 12.7. The zero-order valence-electron chi connectivity index (χ0n) is 9.28. The van der Waals surface area contributed by atoms with Crippen LogP contribution in [0.25, 0.3) is 0 Å². The highest BCUT2D eigenvalue weighted by Gasteiger charge is 2.07. The lowest BCUT2D eigenvalue weighted by Gasteiger charge is -2.06. The minimum atomic E-state index is -0.346. The van der Waals surface area contributed by atoms with Gasteiger partial charge in [-0.05, 0) is 58.4 Å². The van der Waals surface area contributed by atoms with E-state index in [1.807, 2.05) is 0 Å². The van der Waals surface area contributed by atoms with E-state index in [9.17, 15) is 9.18 Å². The van der Waals surface area contributed by atoms with Crippen molar-refractivity contribution in [2.24, 2.45) is 0 Å². The number of nitrogen functional groups attached to an aromatic ring is 1. The van der Waals surface area contributed by atoms with Crippen LogP contribution in [0.3, 0.4) is 0 Å². The Hall–Kier alpha value is -1.88. The van der Waals surface area contributed by atoms with Crippen LogP contribution in [0.15, 0.2) is 46.9 Å². The third-order valence-electron chi connectivity index (χ3n) is 2.36. The predicted molar refractivity (Wildman–Crippen MR) is 72.9 cm³/mol. The lowest BCUT2D eigenvalue weighted by Crippen LogP contribution is -2.12. The number of carbonyl (C=O) groups excluding carboxylic acids is 1. The summed E-state index contributed by atoms with van der Waals surface area (Å²) in [6.45, 7) is 0. The normalized spacial score (nSPS) is 10.1. The number of rotatable bonds is 2. The fourth-order valence-electron chi connectivity index (χ4n) is 1.42. The molecule has 2 aromatic carbocycles. The average Bonchev–Trinajstić information content (AvgIpc) is 2.35. The number of carbonyl (C=O) groups is 1. The van der Waals surface area contributed by atoms with Crippen LogP contribution in [0, 0.1) is 5.82 Å². The second-order valence-corrected chi connectivity index (χ2v) is 4.55. The number of amides is 1. The van der Waals surface area contributed by atoms with Gasteiger partial charge in [0.15, 0.2) is 0 Å². The molecule has 0 unspecified atom stereocenters. The van der Waals surface area contributed by atoms with Crippen LogP contribution < -0.4 is 11.1 Å². The van der Waals surface area contributed by atoms with Gasteiger partial charge < -0.3 is 11.1 Å². The van der Waals surface area contributed by atoms with E-state index in [4.69, 9.17) is 5.73 Å². The van der Waals surface area contributed by atoms with E-state index in [0.29, 0.717) is 16.9 Å². The van der Waals surface area contributed by atoms with Crippen LogP contribution in [0.5, 0.6) is 0 Å². The van der Waals surface area contributed by atoms with Crippen molar-refractivity contribution in [1.29, 1.82) is 0 Å². The van der Waals surface area contributed by atoms with Crippen LogP contribution in [0.4, 0.5) is 15.8 Å². The molecule has 2 aromatic rings. The Bertz CT molecular complexity index is 584. The minimum absolute atomic E-state index is 0.291. The van der Waals surface area contributed by atoms with Crippen molar-refractivity contribution < 1.29 is 9.18 Å². The van der Waals surface area contributed by atoms with Crippen LogP contribution in [0.2, 0.25) is 0 Å². The Balaban J connectivity index is 2.16. The van der Waals surface area contributed by atoms with Gasteiger partial charge in [0, 0.05) is 21.4 Å². The molecule has 0 saturated carbocycles. The maximum Gasteiger partial charge on any atom is 0.255 e. The van der Waals surface area contributed by atoms with Crippen LogP contribution in [0.1, 0.15) is 10.4 Å². The molecular weight excluding hydrogens is 299 g/mol. The van der Waals surface area contributed by atoms with Crippen LogP contribution in [-0.2, 0) is 0 Å². The minimum Gasteiger partial charge on any atom is -0.398 e. The zero-order valence-corrected chi connectivity index (χ0v) is 10.9. The first kappa shape index (κ1) is 12.6. The van der Waals surface area contributed by atoms with Gasteiger partial charge in [0.25, 0.3) is 5.91 Å². The standard InChI is InChI=1S/C13H10BrFN2O/c14-11-6-1-8(7-12(11)16)13(18)17-10-4-2-9(15)3-5-10/h1-7H,16H2,(H,17,18). The van der Waals surface area contributed by atoms with Crippen molar-refractivity contribution in [3.8, 4) is 0 Å². The Morgan fingerprint density at radius 3 is 2.44 bits per heavy atom. The molecule has 0 radical (unpaired) electrons. The summed E-state index contributed by atoms with van der Waals surface area (Å²) in [5, 5.41) is 2.66. The Morgan fingerprint density at radius 1 is 1.17 bits per heavy atom. The number of halogens is 2. The van der Waals surface area contributed by atoms with Crippen molar-refractivity contribution in [2.45, 2.75) is 0 Å². The molecule has 0 aliphatic heterocycles. The van der Waals surface area contributed by atoms with Gasteiger partial charge in [-0.1, -0.05) is 0 Å². The molecule has 0 aliphatic rings. The summed E-state index contributed by atoms with van der Waals surface area (Å²) in [5.41, 5.74) is 7.16.